The monoisotopic (exact) mass is 412 g/mol. The van der Waals surface area contributed by atoms with Gasteiger partial charge in [-0.25, -0.2) is 9.78 Å². The van der Waals surface area contributed by atoms with Crippen LogP contribution in [-0.2, 0) is 36.9 Å². The Morgan fingerprint density at radius 3 is 2.61 bits per heavy atom. The predicted molar refractivity (Wildman–Crippen MR) is 96.1 cm³/mol. The SMILES string of the molecule is COC(=O)c1cc2c(nc(COS(C)(=O)=O)n2C[C@@H]2CCO2)c2c1OCCO2. The number of esters is 1. The Morgan fingerprint density at radius 1 is 1.29 bits per heavy atom. The van der Waals surface area contributed by atoms with Crippen LogP contribution in [0.1, 0.15) is 22.6 Å². The molecule has 0 spiro atoms. The maximum absolute atomic E-state index is 12.3. The summed E-state index contributed by atoms with van der Waals surface area (Å²) in [5.41, 5.74) is 1.27. The molecule has 1 atom stereocenters. The lowest BCUT2D eigenvalue weighted by molar-refractivity contribution is -0.0592. The zero-order valence-corrected chi connectivity index (χ0v) is 16.3. The molecular weight excluding hydrogens is 392 g/mol. The number of ether oxygens (including phenoxy) is 4. The van der Waals surface area contributed by atoms with E-state index >= 15 is 0 Å². The third-order valence-electron chi connectivity index (χ3n) is 4.60. The first-order chi connectivity index (χ1) is 13.4. The smallest absolute Gasteiger partial charge is 0.341 e. The Morgan fingerprint density at radius 2 is 2.00 bits per heavy atom. The molecule has 0 saturated carbocycles. The van der Waals surface area contributed by atoms with Crippen LogP contribution >= 0.6 is 0 Å². The van der Waals surface area contributed by atoms with Gasteiger partial charge in [-0.15, -0.1) is 0 Å². The third-order valence-corrected chi connectivity index (χ3v) is 5.14. The Hall–Kier alpha value is -2.37. The van der Waals surface area contributed by atoms with Gasteiger partial charge in [-0.2, -0.15) is 8.42 Å². The van der Waals surface area contributed by atoms with Gasteiger partial charge < -0.3 is 23.5 Å². The van der Waals surface area contributed by atoms with Crippen LogP contribution in [0.5, 0.6) is 11.5 Å². The van der Waals surface area contributed by atoms with Gasteiger partial charge in [0.25, 0.3) is 10.1 Å². The van der Waals surface area contributed by atoms with Crippen molar-refractivity contribution in [1.82, 2.24) is 9.55 Å². The van der Waals surface area contributed by atoms with Gasteiger partial charge in [0.2, 0.25) is 0 Å². The van der Waals surface area contributed by atoms with E-state index < -0.39 is 16.1 Å². The molecule has 0 radical (unpaired) electrons. The Kier molecular flexibility index (Phi) is 4.89. The number of benzene rings is 1. The van der Waals surface area contributed by atoms with Crippen LogP contribution in [0.4, 0.5) is 0 Å². The van der Waals surface area contributed by atoms with Crippen LogP contribution in [0, 0.1) is 0 Å². The summed E-state index contributed by atoms with van der Waals surface area (Å²) in [7, 11) is -2.37. The van der Waals surface area contributed by atoms with E-state index in [-0.39, 0.29) is 24.0 Å². The normalized spacial score (nSPS) is 18.7. The van der Waals surface area contributed by atoms with E-state index in [1.54, 1.807) is 10.6 Å². The predicted octanol–water partition coefficient (Wildman–Crippen LogP) is 0.859. The van der Waals surface area contributed by atoms with Crippen LogP contribution in [-0.4, -0.2) is 63.2 Å². The Bertz CT molecular complexity index is 1030. The molecule has 1 saturated heterocycles. The molecule has 2 aliphatic rings. The van der Waals surface area contributed by atoms with Crippen LogP contribution < -0.4 is 9.47 Å². The lowest BCUT2D eigenvalue weighted by Gasteiger charge is -2.27. The number of fused-ring (bicyclic) bond motifs is 3. The number of methoxy groups -OCH3 is 1. The second-order valence-electron chi connectivity index (χ2n) is 6.53. The summed E-state index contributed by atoms with van der Waals surface area (Å²) in [6.07, 6.45) is 1.83. The maximum Gasteiger partial charge on any atom is 0.341 e. The van der Waals surface area contributed by atoms with Gasteiger partial charge in [0, 0.05) is 6.61 Å². The van der Waals surface area contributed by atoms with E-state index in [9.17, 15) is 13.2 Å². The van der Waals surface area contributed by atoms with Crippen molar-refractivity contribution < 1.29 is 36.3 Å². The molecule has 2 aromatic rings. The fourth-order valence-corrected chi connectivity index (χ4v) is 3.51. The second kappa shape index (κ2) is 7.22. The minimum Gasteiger partial charge on any atom is -0.485 e. The second-order valence-corrected chi connectivity index (χ2v) is 8.17. The molecular formula is C17H20N2O8S. The number of hydrogen-bond donors (Lipinski definition) is 0. The van der Waals surface area contributed by atoms with Crippen molar-refractivity contribution in [3.63, 3.8) is 0 Å². The summed E-state index contributed by atoms with van der Waals surface area (Å²) in [4.78, 5) is 16.8. The highest BCUT2D eigenvalue weighted by atomic mass is 32.2. The third kappa shape index (κ3) is 3.52. The minimum absolute atomic E-state index is 0.0239. The van der Waals surface area contributed by atoms with Crippen molar-refractivity contribution in [2.75, 3.05) is 33.2 Å². The van der Waals surface area contributed by atoms with E-state index in [1.807, 2.05) is 0 Å². The highest BCUT2D eigenvalue weighted by Crippen LogP contribution is 2.41. The van der Waals surface area contributed by atoms with Gasteiger partial charge in [-0.1, -0.05) is 0 Å². The molecule has 3 heterocycles. The highest BCUT2D eigenvalue weighted by molar-refractivity contribution is 7.85. The molecule has 10 nitrogen and oxygen atoms in total. The molecule has 1 aromatic carbocycles. The number of carbonyl (C=O) groups is 1. The van der Waals surface area contributed by atoms with Crippen LogP contribution in [0.25, 0.3) is 11.0 Å². The number of imidazole rings is 1. The van der Waals surface area contributed by atoms with Crippen LogP contribution in [0.15, 0.2) is 6.07 Å². The first-order valence-electron chi connectivity index (χ1n) is 8.73. The van der Waals surface area contributed by atoms with Gasteiger partial charge in [0.15, 0.2) is 11.5 Å². The lowest BCUT2D eigenvalue weighted by atomic mass is 10.1. The molecule has 152 valence electrons. The first-order valence-corrected chi connectivity index (χ1v) is 10.5. The topological polar surface area (TPSA) is 115 Å². The summed E-state index contributed by atoms with van der Waals surface area (Å²) in [6.45, 7) is 1.47. The molecule has 28 heavy (non-hydrogen) atoms. The number of aromatic nitrogens is 2. The summed E-state index contributed by atoms with van der Waals surface area (Å²) in [5, 5.41) is 0. The van der Waals surface area contributed by atoms with E-state index in [0.717, 1.165) is 12.7 Å². The summed E-state index contributed by atoms with van der Waals surface area (Å²) in [6, 6.07) is 1.62. The zero-order chi connectivity index (χ0) is 19.9. The molecule has 0 N–H and O–H groups in total. The average molecular weight is 412 g/mol. The van der Waals surface area contributed by atoms with Gasteiger partial charge in [0.05, 0.1) is 31.5 Å². The van der Waals surface area contributed by atoms with E-state index in [0.29, 0.717) is 49.0 Å². The van der Waals surface area contributed by atoms with Crippen LogP contribution in [0.3, 0.4) is 0 Å². The van der Waals surface area contributed by atoms with Crippen molar-refractivity contribution in [2.45, 2.75) is 25.7 Å². The molecule has 0 amide bonds. The van der Waals surface area contributed by atoms with Crippen LogP contribution in [0.2, 0.25) is 0 Å². The fourth-order valence-electron chi connectivity index (χ4n) is 3.19. The van der Waals surface area contributed by atoms with Crippen molar-refractivity contribution in [2.24, 2.45) is 0 Å². The number of nitrogens with zero attached hydrogens (tertiary/aromatic N) is 2. The molecule has 0 aliphatic carbocycles. The summed E-state index contributed by atoms with van der Waals surface area (Å²) < 4.78 is 51.4. The number of carbonyl (C=O) groups excluding carboxylic acids is 1. The van der Waals surface area contributed by atoms with Crippen molar-refractivity contribution in [1.29, 1.82) is 0 Å². The average Bonchev–Trinajstić information content (AvgIpc) is 2.98. The first kappa shape index (κ1) is 19.0. The Labute approximate surface area is 161 Å². The largest absolute Gasteiger partial charge is 0.485 e. The van der Waals surface area contributed by atoms with E-state index in [2.05, 4.69) is 4.98 Å². The molecule has 0 unspecified atom stereocenters. The molecule has 1 aromatic heterocycles. The van der Waals surface area contributed by atoms with Gasteiger partial charge in [-0.3, -0.25) is 4.18 Å². The lowest BCUT2D eigenvalue weighted by Crippen LogP contribution is -2.32. The van der Waals surface area contributed by atoms with Gasteiger partial charge in [-0.05, 0) is 12.5 Å². The fraction of sp³-hybridized carbons (Fsp3) is 0.529. The quantitative estimate of drug-likeness (QED) is 0.503. The standard InChI is InChI=1S/C17H20N2O8S/c1-23-17(20)11-7-12-14(16-15(11)25-5-6-26-16)18-13(9-27-28(2,21)22)19(12)8-10-3-4-24-10/h7,10H,3-6,8-9H2,1-2H3/t10-/m0/s1. The molecule has 11 heteroatoms. The van der Waals surface area contributed by atoms with E-state index in [1.165, 1.54) is 7.11 Å². The van der Waals surface area contributed by atoms with Crippen molar-refractivity contribution >= 4 is 27.1 Å². The zero-order valence-electron chi connectivity index (χ0n) is 15.5. The van der Waals surface area contributed by atoms with Gasteiger partial charge in [0.1, 0.15) is 36.7 Å². The number of rotatable bonds is 6. The molecule has 2 aliphatic heterocycles. The Balaban J connectivity index is 1.88. The summed E-state index contributed by atoms with van der Waals surface area (Å²) >= 11 is 0. The molecule has 0 bridgehead atoms. The maximum atomic E-state index is 12.3. The molecule has 1 fully saturated rings. The van der Waals surface area contributed by atoms with Gasteiger partial charge >= 0.3 is 5.97 Å². The number of hydrogen-bond acceptors (Lipinski definition) is 9. The highest BCUT2D eigenvalue weighted by Gasteiger charge is 2.30. The summed E-state index contributed by atoms with van der Waals surface area (Å²) in [5.74, 6) is 0.420. The van der Waals surface area contributed by atoms with E-state index in [4.69, 9.17) is 23.1 Å². The minimum atomic E-state index is -3.65. The molecule has 4 rings (SSSR count). The van der Waals surface area contributed by atoms with Crippen molar-refractivity contribution in [3.05, 3.63) is 17.5 Å². The van der Waals surface area contributed by atoms with Crippen molar-refractivity contribution in [3.8, 4) is 11.5 Å².